The first-order valence-corrected chi connectivity index (χ1v) is 14.0. The highest BCUT2D eigenvalue weighted by atomic mass is 19.1. The van der Waals surface area contributed by atoms with Crippen molar-refractivity contribution in [3.63, 3.8) is 0 Å². The summed E-state index contributed by atoms with van der Waals surface area (Å²) in [5.74, 6) is 0.164. The van der Waals surface area contributed by atoms with Crippen molar-refractivity contribution in [3.05, 3.63) is 48.2 Å². The Morgan fingerprint density at radius 2 is 1.82 bits per heavy atom. The van der Waals surface area contributed by atoms with E-state index in [4.69, 9.17) is 10.5 Å². The van der Waals surface area contributed by atoms with Crippen LogP contribution in [0.25, 0.3) is 11.3 Å². The van der Waals surface area contributed by atoms with Gasteiger partial charge in [-0.1, -0.05) is 26.0 Å². The summed E-state index contributed by atoms with van der Waals surface area (Å²) in [6, 6.07) is 10.8. The molecule has 2 amide bonds. The molecule has 2 aromatic rings. The third kappa shape index (κ3) is 6.58. The number of aromatic nitrogens is 1. The van der Waals surface area contributed by atoms with Gasteiger partial charge in [0.2, 0.25) is 5.91 Å². The van der Waals surface area contributed by atoms with Crippen LogP contribution in [0.15, 0.2) is 42.6 Å². The van der Waals surface area contributed by atoms with E-state index in [-0.39, 0.29) is 18.9 Å². The van der Waals surface area contributed by atoms with E-state index < -0.39 is 23.2 Å². The third-order valence-electron chi connectivity index (χ3n) is 8.53. The van der Waals surface area contributed by atoms with Gasteiger partial charge in [0.15, 0.2) is 0 Å². The summed E-state index contributed by atoms with van der Waals surface area (Å²) in [5.41, 5.74) is 5.23. The Morgan fingerprint density at radius 1 is 1.15 bits per heavy atom. The third-order valence-corrected chi connectivity index (χ3v) is 8.53. The summed E-state index contributed by atoms with van der Waals surface area (Å²) in [4.78, 5) is 33.2. The first kappa shape index (κ1) is 29.0. The number of likely N-dealkylation sites (tertiary alicyclic amines) is 2. The molecule has 2 aliphatic rings. The lowest BCUT2D eigenvalue weighted by Crippen LogP contribution is -2.53. The van der Waals surface area contributed by atoms with Crippen molar-refractivity contribution in [2.24, 2.45) is 11.7 Å². The number of alkyl halides is 1. The van der Waals surface area contributed by atoms with Crippen LogP contribution in [0.2, 0.25) is 0 Å². The molecule has 0 saturated carbocycles. The minimum Gasteiger partial charge on any atom is -0.492 e. The number of ether oxygens (including phenoxy) is 1. The second-order valence-electron chi connectivity index (χ2n) is 11.3. The zero-order valence-electron chi connectivity index (χ0n) is 23.2. The second kappa shape index (κ2) is 12.0. The number of primary amides is 1. The van der Waals surface area contributed by atoms with Crippen molar-refractivity contribution < 1.29 is 23.8 Å². The Morgan fingerprint density at radius 3 is 2.38 bits per heavy atom. The van der Waals surface area contributed by atoms with Gasteiger partial charge in [-0.25, -0.2) is 4.39 Å². The number of hydrogen-bond donors (Lipinski definition) is 2. The number of β-amino-alcohol motifs (C(OH)–C–C–N with tert-alkyl or cyclic N) is 1. The predicted molar refractivity (Wildman–Crippen MR) is 148 cm³/mol. The zero-order valence-corrected chi connectivity index (χ0v) is 23.2. The number of benzene rings is 1. The van der Waals surface area contributed by atoms with Gasteiger partial charge in [-0.05, 0) is 75.9 Å². The van der Waals surface area contributed by atoms with Crippen molar-refractivity contribution >= 4 is 11.8 Å². The van der Waals surface area contributed by atoms with E-state index in [9.17, 15) is 19.1 Å². The van der Waals surface area contributed by atoms with Gasteiger partial charge in [-0.2, -0.15) is 0 Å². The molecule has 2 aliphatic heterocycles. The number of carbonyl (C=O) groups is 2. The molecule has 0 radical (unpaired) electrons. The van der Waals surface area contributed by atoms with Crippen molar-refractivity contribution in [2.75, 3.05) is 32.8 Å². The van der Waals surface area contributed by atoms with Crippen LogP contribution in [0.1, 0.15) is 63.2 Å². The van der Waals surface area contributed by atoms with Crippen LogP contribution in [0.4, 0.5) is 4.39 Å². The standard InChI is InChI=1S/C30H41FN4O4/c1-4-30(31,5-2)20-34-14-12-21(13-15-34)19-39-25-10-11-26(33-17-25)22-6-8-23(9-7-22)27(37)35-18-24(36)16-29(35,3)28(32)38/h6-11,17,21,24,36H,4-5,12-16,18-20H2,1-3H3,(H2,32,38). The molecule has 212 valence electrons. The molecule has 2 unspecified atom stereocenters. The van der Waals surface area contributed by atoms with Crippen molar-refractivity contribution in [1.29, 1.82) is 0 Å². The topological polar surface area (TPSA) is 109 Å². The van der Waals surface area contributed by atoms with E-state index in [0.717, 1.165) is 37.2 Å². The quantitative estimate of drug-likeness (QED) is 0.474. The van der Waals surface area contributed by atoms with E-state index in [1.807, 2.05) is 26.0 Å². The van der Waals surface area contributed by atoms with Gasteiger partial charge < -0.3 is 25.4 Å². The number of carbonyl (C=O) groups excluding carboxylic acids is 2. The largest absolute Gasteiger partial charge is 0.492 e. The summed E-state index contributed by atoms with van der Waals surface area (Å²) in [6.07, 6.45) is 4.14. The average Bonchev–Trinajstić information content (AvgIpc) is 3.27. The fourth-order valence-corrected chi connectivity index (χ4v) is 5.56. The molecule has 2 fully saturated rings. The monoisotopic (exact) mass is 540 g/mol. The normalized spacial score (nSPS) is 22.7. The molecule has 0 aliphatic carbocycles. The number of piperidine rings is 1. The van der Waals surface area contributed by atoms with Crippen molar-refractivity contribution in [3.8, 4) is 17.0 Å². The molecule has 1 aromatic heterocycles. The van der Waals surface area contributed by atoms with Gasteiger partial charge in [-0.3, -0.25) is 14.6 Å². The maximum absolute atomic E-state index is 14.7. The summed E-state index contributed by atoms with van der Waals surface area (Å²) >= 11 is 0. The minimum absolute atomic E-state index is 0.0676. The van der Waals surface area contributed by atoms with E-state index in [2.05, 4.69) is 9.88 Å². The molecule has 0 bridgehead atoms. The van der Waals surface area contributed by atoms with Crippen LogP contribution < -0.4 is 10.5 Å². The molecular weight excluding hydrogens is 499 g/mol. The number of hydrogen-bond acceptors (Lipinski definition) is 6. The van der Waals surface area contributed by atoms with Gasteiger partial charge in [0.1, 0.15) is 17.0 Å². The molecule has 2 saturated heterocycles. The number of amides is 2. The van der Waals surface area contributed by atoms with Crippen LogP contribution in [0.5, 0.6) is 5.75 Å². The number of pyridine rings is 1. The first-order chi connectivity index (χ1) is 18.6. The van der Waals surface area contributed by atoms with E-state index in [1.165, 1.54) is 4.90 Å². The van der Waals surface area contributed by atoms with Gasteiger partial charge >= 0.3 is 0 Å². The minimum atomic E-state index is -1.21. The van der Waals surface area contributed by atoms with Crippen molar-refractivity contribution in [1.82, 2.24) is 14.8 Å². The molecule has 2 atom stereocenters. The average molecular weight is 541 g/mol. The van der Waals surface area contributed by atoms with Crippen LogP contribution in [0, 0.1) is 5.92 Å². The van der Waals surface area contributed by atoms with Crippen molar-refractivity contribution in [2.45, 2.75) is 70.2 Å². The van der Waals surface area contributed by atoms with E-state index in [0.29, 0.717) is 43.2 Å². The Bertz CT molecular complexity index is 1130. The van der Waals surface area contributed by atoms with E-state index >= 15 is 0 Å². The number of nitrogens with two attached hydrogens (primary N) is 1. The highest BCUT2D eigenvalue weighted by Crippen LogP contribution is 2.31. The highest BCUT2D eigenvalue weighted by Gasteiger charge is 2.48. The molecule has 39 heavy (non-hydrogen) atoms. The molecule has 3 heterocycles. The van der Waals surface area contributed by atoms with Gasteiger partial charge in [0.05, 0.1) is 24.6 Å². The zero-order chi connectivity index (χ0) is 28.2. The maximum Gasteiger partial charge on any atom is 0.254 e. The molecule has 8 nitrogen and oxygen atoms in total. The van der Waals surface area contributed by atoms with Crippen LogP contribution >= 0.6 is 0 Å². The molecule has 0 spiro atoms. The number of nitrogens with zero attached hydrogens (tertiary/aromatic N) is 3. The fourth-order valence-electron chi connectivity index (χ4n) is 5.56. The molecular formula is C30H41FN4O4. The van der Waals surface area contributed by atoms with Gasteiger partial charge in [-0.15, -0.1) is 0 Å². The van der Waals surface area contributed by atoms with Gasteiger partial charge in [0, 0.05) is 30.6 Å². The molecule has 1 aromatic carbocycles. The first-order valence-electron chi connectivity index (χ1n) is 14.0. The Kier molecular flexibility index (Phi) is 8.91. The Hall–Kier alpha value is -3.04. The second-order valence-corrected chi connectivity index (χ2v) is 11.3. The Balaban J connectivity index is 1.29. The van der Waals surface area contributed by atoms with Crippen LogP contribution in [-0.4, -0.2) is 81.8 Å². The lowest BCUT2D eigenvalue weighted by atomic mass is 9.94. The fraction of sp³-hybridized carbons (Fsp3) is 0.567. The van der Waals surface area contributed by atoms with Gasteiger partial charge in [0.25, 0.3) is 5.91 Å². The summed E-state index contributed by atoms with van der Waals surface area (Å²) in [6.45, 7) is 8.42. The number of aliphatic hydroxyl groups excluding tert-OH is 1. The lowest BCUT2D eigenvalue weighted by molar-refractivity contribution is -0.126. The maximum atomic E-state index is 14.7. The SMILES string of the molecule is CCC(F)(CC)CN1CCC(COc2ccc(-c3ccc(C(=O)N4CC(O)CC4(C)C(N)=O)cc3)nc2)CC1. The lowest BCUT2D eigenvalue weighted by Gasteiger charge is -2.36. The predicted octanol–water partition coefficient (Wildman–Crippen LogP) is 3.82. The number of halogens is 1. The summed E-state index contributed by atoms with van der Waals surface area (Å²) in [5, 5.41) is 10.0. The Labute approximate surface area is 230 Å². The number of aliphatic hydroxyl groups is 1. The smallest absolute Gasteiger partial charge is 0.254 e. The molecule has 9 heteroatoms. The molecule has 4 rings (SSSR count). The van der Waals surface area contributed by atoms with Crippen LogP contribution in [0.3, 0.4) is 0 Å². The summed E-state index contributed by atoms with van der Waals surface area (Å²) in [7, 11) is 0. The van der Waals surface area contributed by atoms with E-state index in [1.54, 1.807) is 37.4 Å². The molecule has 3 N–H and O–H groups in total. The summed E-state index contributed by atoms with van der Waals surface area (Å²) < 4.78 is 20.7. The highest BCUT2D eigenvalue weighted by molar-refractivity contribution is 5.99. The number of rotatable bonds is 10. The van der Waals surface area contributed by atoms with Crippen LogP contribution in [-0.2, 0) is 4.79 Å².